The summed E-state index contributed by atoms with van der Waals surface area (Å²) in [6, 6.07) is 5.99. The molecule has 0 radical (unpaired) electrons. The van der Waals surface area contributed by atoms with Gasteiger partial charge in [-0.3, -0.25) is 0 Å². The Morgan fingerprint density at radius 2 is 1.94 bits per heavy atom. The first-order valence-electron chi connectivity index (χ1n) is 6.05. The SMILES string of the molecule is Cc1cc(N)ccc1NCC(C)(C)CN(C)C. The van der Waals surface area contributed by atoms with Crippen LogP contribution in [0.25, 0.3) is 0 Å². The van der Waals surface area contributed by atoms with Gasteiger partial charge in [-0.1, -0.05) is 13.8 Å². The lowest BCUT2D eigenvalue weighted by atomic mass is 9.92. The van der Waals surface area contributed by atoms with Crippen molar-refractivity contribution in [1.29, 1.82) is 0 Å². The minimum atomic E-state index is 0.247. The number of rotatable bonds is 5. The normalized spacial score (nSPS) is 11.9. The molecule has 1 aromatic carbocycles. The molecule has 3 N–H and O–H groups in total. The summed E-state index contributed by atoms with van der Waals surface area (Å²) in [4.78, 5) is 2.22. The Labute approximate surface area is 105 Å². The largest absolute Gasteiger partial charge is 0.399 e. The van der Waals surface area contributed by atoms with Gasteiger partial charge in [0.25, 0.3) is 0 Å². The Hall–Kier alpha value is -1.22. The lowest BCUT2D eigenvalue weighted by Crippen LogP contribution is -2.34. The van der Waals surface area contributed by atoms with Crippen molar-refractivity contribution in [1.82, 2.24) is 4.90 Å². The fourth-order valence-corrected chi connectivity index (χ4v) is 2.13. The third-order valence-corrected chi connectivity index (χ3v) is 2.75. The Bertz CT molecular complexity index is 370. The zero-order chi connectivity index (χ0) is 13.1. The van der Waals surface area contributed by atoms with Crippen LogP contribution in [-0.4, -0.2) is 32.1 Å². The Balaban J connectivity index is 2.61. The van der Waals surface area contributed by atoms with Crippen molar-refractivity contribution < 1.29 is 0 Å². The van der Waals surface area contributed by atoms with Gasteiger partial charge in [-0.25, -0.2) is 0 Å². The molecule has 0 saturated heterocycles. The van der Waals surface area contributed by atoms with E-state index in [9.17, 15) is 0 Å². The molecule has 0 spiro atoms. The number of hydrogen-bond acceptors (Lipinski definition) is 3. The van der Waals surface area contributed by atoms with E-state index in [0.717, 1.165) is 18.8 Å². The van der Waals surface area contributed by atoms with E-state index in [1.54, 1.807) is 0 Å². The molecule has 0 unspecified atom stereocenters. The van der Waals surface area contributed by atoms with E-state index in [4.69, 9.17) is 5.73 Å². The number of nitrogens with one attached hydrogen (secondary N) is 1. The first kappa shape index (κ1) is 13.8. The molecule has 0 heterocycles. The van der Waals surface area contributed by atoms with E-state index in [1.165, 1.54) is 11.3 Å². The first-order valence-corrected chi connectivity index (χ1v) is 6.05. The summed E-state index contributed by atoms with van der Waals surface area (Å²) in [5.41, 5.74) is 9.18. The van der Waals surface area contributed by atoms with Gasteiger partial charge in [-0.05, 0) is 50.2 Å². The van der Waals surface area contributed by atoms with Gasteiger partial charge in [-0.2, -0.15) is 0 Å². The molecule has 3 nitrogen and oxygen atoms in total. The zero-order valence-corrected chi connectivity index (χ0v) is 11.7. The average molecular weight is 235 g/mol. The summed E-state index contributed by atoms with van der Waals surface area (Å²) in [7, 11) is 4.21. The van der Waals surface area contributed by atoms with Crippen LogP contribution in [0.15, 0.2) is 18.2 Å². The standard InChI is InChI=1S/C14H25N3/c1-11-8-12(15)6-7-13(11)16-9-14(2,3)10-17(4)5/h6-8,16H,9-10,15H2,1-5H3. The molecule has 17 heavy (non-hydrogen) atoms. The average Bonchev–Trinajstić information content (AvgIpc) is 2.14. The van der Waals surface area contributed by atoms with Crippen molar-refractivity contribution in [3.05, 3.63) is 23.8 Å². The van der Waals surface area contributed by atoms with E-state index in [1.807, 2.05) is 12.1 Å². The topological polar surface area (TPSA) is 41.3 Å². The van der Waals surface area contributed by atoms with E-state index in [2.05, 4.69) is 51.1 Å². The highest BCUT2D eigenvalue weighted by Crippen LogP contribution is 2.21. The number of aryl methyl sites for hydroxylation is 1. The van der Waals surface area contributed by atoms with Gasteiger partial charge in [0.15, 0.2) is 0 Å². The van der Waals surface area contributed by atoms with Gasteiger partial charge in [0.05, 0.1) is 0 Å². The van der Waals surface area contributed by atoms with Gasteiger partial charge in [0.1, 0.15) is 0 Å². The van der Waals surface area contributed by atoms with Crippen molar-refractivity contribution in [3.63, 3.8) is 0 Å². The fourth-order valence-electron chi connectivity index (χ4n) is 2.13. The molecule has 0 atom stereocenters. The molecular formula is C14H25N3. The molecule has 0 aliphatic heterocycles. The summed E-state index contributed by atoms with van der Waals surface area (Å²) in [6.07, 6.45) is 0. The predicted molar refractivity (Wildman–Crippen MR) is 76.4 cm³/mol. The first-order chi connectivity index (χ1) is 7.80. The molecule has 0 bridgehead atoms. The number of anilines is 2. The highest BCUT2D eigenvalue weighted by molar-refractivity contribution is 5.57. The van der Waals surface area contributed by atoms with Crippen LogP contribution < -0.4 is 11.1 Å². The number of nitrogens with zero attached hydrogens (tertiary/aromatic N) is 1. The number of benzene rings is 1. The maximum atomic E-state index is 5.74. The quantitative estimate of drug-likeness (QED) is 0.771. The van der Waals surface area contributed by atoms with Crippen LogP contribution in [0.5, 0.6) is 0 Å². The zero-order valence-electron chi connectivity index (χ0n) is 11.7. The molecule has 3 heteroatoms. The maximum absolute atomic E-state index is 5.74. The predicted octanol–water partition coefficient (Wildman–Crippen LogP) is 2.58. The van der Waals surface area contributed by atoms with E-state index < -0.39 is 0 Å². The van der Waals surface area contributed by atoms with Gasteiger partial charge in [0, 0.05) is 24.5 Å². The minimum Gasteiger partial charge on any atom is -0.399 e. The number of hydrogen-bond donors (Lipinski definition) is 2. The summed E-state index contributed by atoms with van der Waals surface area (Å²) < 4.78 is 0. The smallest absolute Gasteiger partial charge is 0.0371 e. The molecule has 0 fully saturated rings. The van der Waals surface area contributed by atoms with Gasteiger partial charge >= 0.3 is 0 Å². The molecular weight excluding hydrogens is 210 g/mol. The van der Waals surface area contributed by atoms with Crippen LogP contribution in [0, 0.1) is 12.3 Å². The molecule has 1 aromatic rings. The maximum Gasteiger partial charge on any atom is 0.0371 e. The monoisotopic (exact) mass is 235 g/mol. The summed E-state index contributed by atoms with van der Waals surface area (Å²) in [6.45, 7) is 8.64. The fraction of sp³-hybridized carbons (Fsp3) is 0.571. The van der Waals surface area contributed by atoms with E-state index in [-0.39, 0.29) is 5.41 Å². The third-order valence-electron chi connectivity index (χ3n) is 2.75. The number of nitrogen functional groups attached to an aromatic ring is 1. The van der Waals surface area contributed by atoms with Crippen molar-refractivity contribution in [2.24, 2.45) is 5.41 Å². The van der Waals surface area contributed by atoms with Gasteiger partial charge in [-0.15, -0.1) is 0 Å². The Morgan fingerprint density at radius 3 is 2.47 bits per heavy atom. The van der Waals surface area contributed by atoms with Crippen LogP contribution in [0.1, 0.15) is 19.4 Å². The van der Waals surface area contributed by atoms with E-state index in [0.29, 0.717) is 0 Å². The lowest BCUT2D eigenvalue weighted by molar-refractivity contribution is 0.254. The van der Waals surface area contributed by atoms with Crippen molar-refractivity contribution in [3.8, 4) is 0 Å². The van der Waals surface area contributed by atoms with Crippen LogP contribution in [0.3, 0.4) is 0 Å². The van der Waals surface area contributed by atoms with Gasteiger partial charge < -0.3 is 16.0 Å². The molecule has 0 saturated carbocycles. The minimum absolute atomic E-state index is 0.247. The molecule has 96 valence electrons. The molecule has 0 amide bonds. The summed E-state index contributed by atoms with van der Waals surface area (Å²) in [5.74, 6) is 0. The second kappa shape index (κ2) is 5.41. The number of nitrogens with two attached hydrogens (primary N) is 1. The van der Waals surface area contributed by atoms with Crippen LogP contribution in [0.4, 0.5) is 11.4 Å². The molecule has 1 rings (SSSR count). The molecule has 0 aliphatic carbocycles. The van der Waals surface area contributed by atoms with Crippen molar-refractivity contribution >= 4 is 11.4 Å². The highest BCUT2D eigenvalue weighted by atomic mass is 15.1. The van der Waals surface area contributed by atoms with E-state index >= 15 is 0 Å². The Morgan fingerprint density at radius 1 is 1.29 bits per heavy atom. The van der Waals surface area contributed by atoms with Crippen LogP contribution in [0.2, 0.25) is 0 Å². The molecule has 0 aromatic heterocycles. The molecule has 0 aliphatic rings. The second-order valence-corrected chi connectivity index (χ2v) is 5.83. The summed E-state index contributed by atoms with van der Waals surface area (Å²) in [5, 5.41) is 3.50. The Kier molecular flexibility index (Phi) is 4.40. The summed E-state index contributed by atoms with van der Waals surface area (Å²) >= 11 is 0. The van der Waals surface area contributed by atoms with Crippen LogP contribution >= 0.6 is 0 Å². The second-order valence-electron chi connectivity index (χ2n) is 5.83. The lowest BCUT2D eigenvalue weighted by Gasteiger charge is -2.29. The van der Waals surface area contributed by atoms with Crippen molar-refractivity contribution in [2.45, 2.75) is 20.8 Å². The van der Waals surface area contributed by atoms with Gasteiger partial charge in [0.2, 0.25) is 0 Å². The van der Waals surface area contributed by atoms with Crippen molar-refractivity contribution in [2.75, 3.05) is 38.2 Å². The highest BCUT2D eigenvalue weighted by Gasteiger charge is 2.18. The van der Waals surface area contributed by atoms with Crippen LogP contribution in [-0.2, 0) is 0 Å². The third kappa shape index (κ3) is 4.65.